The summed E-state index contributed by atoms with van der Waals surface area (Å²) in [6.45, 7) is 2.78. The monoisotopic (exact) mass is 169 g/mol. The molecule has 2 unspecified atom stereocenters. The summed E-state index contributed by atoms with van der Waals surface area (Å²) in [5.74, 6) is 0.817. The molecule has 1 aliphatic carbocycles. The molecule has 0 bridgehead atoms. The summed E-state index contributed by atoms with van der Waals surface area (Å²) in [6.07, 6.45) is 3.89. The van der Waals surface area contributed by atoms with Crippen molar-refractivity contribution in [2.45, 2.75) is 38.4 Å². The lowest BCUT2D eigenvalue weighted by Crippen LogP contribution is -2.35. The highest BCUT2D eigenvalue weighted by molar-refractivity contribution is 5.83. The molecule has 2 rings (SSSR count). The van der Waals surface area contributed by atoms with Gasteiger partial charge in [-0.2, -0.15) is 0 Å². The molecule has 3 heteroatoms. The average molecular weight is 169 g/mol. The second-order valence-electron chi connectivity index (χ2n) is 3.80. The molecule has 68 valence electrons. The Morgan fingerprint density at radius 3 is 2.67 bits per heavy atom. The van der Waals surface area contributed by atoms with E-state index in [4.69, 9.17) is 4.74 Å². The van der Waals surface area contributed by atoms with Gasteiger partial charge >= 0.3 is 0 Å². The Kier molecular flexibility index (Phi) is 2.05. The summed E-state index contributed by atoms with van der Waals surface area (Å²) in [7, 11) is 0. The van der Waals surface area contributed by atoms with E-state index in [1.165, 1.54) is 19.3 Å². The number of carbonyl (C=O) groups excluding carboxylic acids is 1. The normalized spacial score (nSPS) is 34.1. The molecule has 2 atom stereocenters. The van der Waals surface area contributed by atoms with Crippen molar-refractivity contribution in [1.29, 1.82) is 0 Å². The molecular formula is C9H15NO2. The van der Waals surface area contributed by atoms with Crippen molar-refractivity contribution in [3.05, 3.63) is 0 Å². The van der Waals surface area contributed by atoms with Crippen LogP contribution in [0, 0.1) is 5.92 Å². The molecule has 0 aromatic rings. The molecular weight excluding hydrogens is 154 g/mol. The quantitative estimate of drug-likeness (QED) is 0.631. The second kappa shape index (κ2) is 3.05. The van der Waals surface area contributed by atoms with Gasteiger partial charge in [0, 0.05) is 6.54 Å². The molecule has 2 aliphatic rings. The summed E-state index contributed by atoms with van der Waals surface area (Å²) >= 11 is 0. The Balaban J connectivity index is 1.62. The van der Waals surface area contributed by atoms with Gasteiger partial charge in [-0.1, -0.05) is 6.42 Å². The first kappa shape index (κ1) is 8.05. The SMILES string of the molecule is CC1OC1C(=O)NCC1CCC1. The van der Waals surface area contributed by atoms with Crippen LogP contribution in [-0.2, 0) is 9.53 Å². The average Bonchev–Trinajstić information content (AvgIpc) is 2.63. The van der Waals surface area contributed by atoms with Crippen molar-refractivity contribution in [3.63, 3.8) is 0 Å². The van der Waals surface area contributed by atoms with Crippen LogP contribution in [-0.4, -0.2) is 24.7 Å². The number of amides is 1. The van der Waals surface area contributed by atoms with E-state index in [0.717, 1.165) is 12.5 Å². The zero-order valence-corrected chi connectivity index (χ0v) is 7.38. The van der Waals surface area contributed by atoms with Gasteiger partial charge in [0.1, 0.15) is 0 Å². The molecule has 0 aromatic carbocycles. The third-order valence-corrected chi connectivity index (χ3v) is 2.76. The minimum absolute atomic E-state index is 0.0781. The number of rotatable bonds is 3. The Morgan fingerprint density at radius 1 is 1.58 bits per heavy atom. The van der Waals surface area contributed by atoms with Crippen LogP contribution < -0.4 is 5.32 Å². The summed E-state index contributed by atoms with van der Waals surface area (Å²) < 4.78 is 5.05. The molecule has 0 spiro atoms. The van der Waals surface area contributed by atoms with Crippen LogP contribution in [0.25, 0.3) is 0 Å². The number of hydrogen-bond acceptors (Lipinski definition) is 2. The highest BCUT2D eigenvalue weighted by Gasteiger charge is 2.41. The molecule has 1 aliphatic heterocycles. The lowest BCUT2D eigenvalue weighted by Gasteiger charge is -2.25. The van der Waals surface area contributed by atoms with E-state index in [1.54, 1.807) is 0 Å². The van der Waals surface area contributed by atoms with Crippen molar-refractivity contribution in [2.75, 3.05) is 6.54 Å². The predicted octanol–water partition coefficient (Wildman–Crippen LogP) is 0.690. The Bertz CT molecular complexity index is 189. The number of hydrogen-bond donors (Lipinski definition) is 1. The van der Waals surface area contributed by atoms with E-state index in [0.29, 0.717) is 0 Å². The van der Waals surface area contributed by atoms with E-state index in [9.17, 15) is 4.79 Å². The molecule has 2 fully saturated rings. The van der Waals surface area contributed by atoms with E-state index in [-0.39, 0.29) is 18.1 Å². The van der Waals surface area contributed by atoms with Crippen LogP contribution >= 0.6 is 0 Å². The topological polar surface area (TPSA) is 41.6 Å². The first-order valence-corrected chi connectivity index (χ1v) is 4.70. The smallest absolute Gasteiger partial charge is 0.251 e. The van der Waals surface area contributed by atoms with Gasteiger partial charge in [0.15, 0.2) is 6.10 Å². The second-order valence-corrected chi connectivity index (χ2v) is 3.80. The molecule has 0 aromatic heterocycles. The van der Waals surface area contributed by atoms with Gasteiger partial charge in [-0.15, -0.1) is 0 Å². The van der Waals surface area contributed by atoms with Crippen molar-refractivity contribution in [2.24, 2.45) is 5.92 Å². The molecule has 1 N–H and O–H groups in total. The number of ether oxygens (including phenoxy) is 1. The fourth-order valence-electron chi connectivity index (χ4n) is 1.50. The molecule has 3 nitrogen and oxygen atoms in total. The zero-order chi connectivity index (χ0) is 8.55. The molecule has 1 saturated heterocycles. The van der Waals surface area contributed by atoms with E-state index in [1.807, 2.05) is 6.92 Å². The van der Waals surface area contributed by atoms with Crippen LogP contribution in [0.1, 0.15) is 26.2 Å². The third kappa shape index (κ3) is 1.61. The third-order valence-electron chi connectivity index (χ3n) is 2.76. The largest absolute Gasteiger partial charge is 0.359 e. The van der Waals surface area contributed by atoms with E-state index in [2.05, 4.69) is 5.32 Å². The van der Waals surface area contributed by atoms with Crippen LogP contribution in [0.15, 0.2) is 0 Å². The van der Waals surface area contributed by atoms with Gasteiger partial charge in [0.2, 0.25) is 0 Å². The fourth-order valence-corrected chi connectivity index (χ4v) is 1.50. The maximum atomic E-state index is 11.2. The Morgan fingerprint density at radius 2 is 2.25 bits per heavy atom. The van der Waals surface area contributed by atoms with Crippen LogP contribution in [0.4, 0.5) is 0 Å². The summed E-state index contributed by atoms with van der Waals surface area (Å²) in [5, 5.41) is 2.91. The van der Waals surface area contributed by atoms with Gasteiger partial charge < -0.3 is 10.1 Å². The van der Waals surface area contributed by atoms with Gasteiger partial charge in [-0.25, -0.2) is 0 Å². The Labute approximate surface area is 72.5 Å². The zero-order valence-electron chi connectivity index (χ0n) is 7.38. The van der Waals surface area contributed by atoms with Gasteiger partial charge in [-0.3, -0.25) is 4.79 Å². The summed E-state index contributed by atoms with van der Waals surface area (Å²) in [4.78, 5) is 11.2. The highest BCUT2D eigenvalue weighted by atomic mass is 16.6. The fraction of sp³-hybridized carbons (Fsp3) is 0.889. The molecule has 1 heterocycles. The minimum Gasteiger partial charge on any atom is -0.359 e. The molecule has 0 radical (unpaired) electrons. The lowest BCUT2D eigenvalue weighted by molar-refractivity contribution is -0.122. The standard InChI is InChI=1S/C9H15NO2/c1-6-8(12-6)9(11)10-5-7-3-2-4-7/h6-8H,2-5H2,1H3,(H,10,11). The summed E-state index contributed by atoms with van der Waals surface area (Å²) in [6, 6.07) is 0. The first-order chi connectivity index (χ1) is 5.77. The van der Waals surface area contributed by atoms with Crippen molar-refractivity contribution in [1.82, 2.24) is 5.32 Å². The van der Waals surface area contributed by atoms with Crippen molar-refractivity contribution >= 4 is 5.91 Å². The maximum Gasteiger partial charge on any atom is 0.251 e. The predicted molar refractivity (Wildman–Crippen MR) is 44.7 cm³/mol. The minimum atomic E-state index is -0.148. The molecule has 12 heavy (non-hydrogen) atoms. The van der Waals surface area contributed by atoms with E-state index >= 15 is 0 Å². The van der Waals surface area contributed by atoms with Crippen LogP contribution in [0.3, 0.4) is 0 Å². The van der Waals surface area contributed by atoms with Crippen LogP contribution in [0.5, 0.6) is 0 Å². The number of nitrogens with one attached hydrogen (secondary N) is 1. The molecule has 1 saturated carbocycles. The van der Waals surface area contributed by atoms with Crippen LogP contribution in [0.2, 0.25) is 0 Å². The van der Waals surface area contributed by atoms with Gasteiger partial charge in [0.05, 0.1) is 6.10 Å². The van der Waals surface area contributed by atoms with Crippen molar-refractivity contribution < 1.29 is 9.53 Å². The maximum absolute atomic E-state index is 11.2. The lowest BCUT2D eigenvalue weighted by atomic mass is 9.85. The van der Waals surface area contributed by atoms with Gasteiger partial charge in [0.25, 0.3) is 5.91 Å². The highest BCUT2D eigenvalue weighted by Crippen LogP contribution is 2.26. The first-order valence-electron chi connectivity index (χ1n) is 4.70. The Hall–Kier alpha value is -0.570. The molecule has 1 amide bonds. The van der Waals surface area contributed by atoms with E-state index < -0.39 is 0 Å². The number of epoxide rings is 1. The number of carbonyl (C=O) groups is 1. The van der Waals surface area contributed by atoms with Gasteiger partial charge in [-0.05, 0) is 25.7 Å². The summed E-state index contributed by atoms with van der Waals surface area (Å²) in [5.41, 5.74) is 0. The van der Waals surface area contributed by atoms with Crippen molar-refractivity contribution in [3.8, 4) is 0 Å².